The van der Waals surface area contributed by atoms with Crippen LogP contribution in [0.3, 0.4) is 0 Å². The van der Waals surface area contributed by atoms with Crippen LogP contribution < -0.4 is 15.5 Å². The lowest BCUT2D eigenvalue weighted by atomic mass is 10.2. The number of hydrogen-bond acceptors (Lipinski definition) is 6. The second-order valence-corrected chi connectivity index (χ2v) is 6.99. The van der Waals surface area contributed by atoms with Gasteiger partial charge in [-0.15, -0.1) is 0 Å². The fourth-order valence-electron chi connectivity index (χ4n) is 3.20. The summed E-state index contributed by atoms with van der Waals surface area (Å²) in [7, 11) is 0. The average Bonchev–Trinajstić information content (AvgIpc) is 3.44. The highest BCUT2D eigenvalue weighted by atomic mass is 16.5. The van der Waals surface area contributed by atoms with Crippen molar-refractivity contribution in [2.24, 2.45) is 5.10 Å². The lowest BCUT2D eigenvalue weighted by molar-refractivity contribution is -0.139. The lowest BCUT2D eigenvalue weighted by Crippen LogP contribution is -2.41. The van der Waals surface area contributed by atoms with Crippen molar-refractivity contribution in [2.45, 2.75) is 31.8 Å². The smallest absolute Gasteiger partial charge is 0.329 e. The molecule has 1 unspecified atom stereocenters. The zero-order chi connectivity index (χ0) is 20.5. The molecule has 3 rings (SSSR count). The molecule has 1 aromatic rings. The first-order valence-corrected chi connectivity index (χ1v) is 9.85. The lowest BCUT2D eigenvalue weighted by Gasteiger charge is -2.15. The molecule has 0 aromatic heterocycles. The number of rotatable bonds is 7. The Kier molecular flexibility index (Phi) is 7.57. The highest BCUT2D eigenvalue weighted by Crippen LogP contribution is 2.13. The number of hydrogen-bond donors (Lipinski definition) is 2. The SMILES string of the molecule is O=C(NCC1CCCO1)C(=O)N/N=C/c1cccc(OCC(=O)N2CCCC2)c1. The summed E-state index contributed by atoms with van der Waals surface area (Å²) in [5, 5.41) is 6.32. The number of benzene rings is 1. The number of nitrogens with zero attached hydrogens (tertiary/aromatic N) is 2. The summed E-state index contributed by atoms with van der Waals surface area (Å²) in [5.74, 6) is -1.09. The van der Waals surface area contributed by atoms with E-state index in [4.69, 9.17) is 9.47 Å². The minimum atomic E-state index is -0.845. The van der Waals surface area contributed by atoms with E-state index in [0.717, 1.165) is 38.8 Å². The van der Waals surface area contributed by atoms with E-state index in [2.05, 4.69) is 15.8 Å². The summed E-state index contributed by atoms with van der Waals surface area (Å²) in [6.45, 7) is 2.56. The normalized spacial score (nSPS) is 18.8. The third-order valence-electron chi connectivity index (χ3n) is 4.78. The van der Waals surface area contributed by atoms with Gasteiger partial charge >= 0.3 is 11.8 Å². The van der Waals surface area contributed by atoms with E-state index in [1.54, 1.807) is 29.2 Å². The Balaban J connectivity index is 1.41. The Morgan fingerprint density at radius 1 is 1.21 bits per heavy atom. The number of ether oxygens (including phenoxy) is 2. The summed E-state index contributed by atoms with van der Waals surface area (Å²) in [5.41, 5.74) is 2.85. The molecule has 2 fully saturated rings. The molecule has 1 atom stereocenters. The fourth-order valence-corrected chi connectivity index (χ4v) is 3.20. The number of hydrazone groups is 1. The molecule has 9 heteroatoms. The van der Waals surface area contributed by atoms with Crippen LogP contribution in [0, 0.1) is 0 Å². The van der Waals surface area contributed by atoms with Gasteiger partial charge in [-0.3, -0.25) is 14.4 Å². The number of amides is 3. The van der Waals surface area contributed by atoms with Crippen LogP contribution in [0.4, 0.5) is 0 Å². The van der Waals surface area contributed by atoms with Crippen molar-refractivity contribution in [3.8, 4) is 5.75 Å². The molecule has 2 N–H and O–H groups in total. The molecule has 0 spiro atoms. The first-order chi connectivity index (χ1) is 14.1. The molecule has 156 valence electrons. The standard InChI is InChI=1S/C20H26N4O5/c25-18(24-8-1-2-9-24)14-29-16-6-3-5-15(11-16)12-22-23-20(27)19(26)21-13-17-7-4-10-28-17/h3,5-6,11-12,17H,1-2,4,7-10,13-14H2,(H,21,26)(H,23,27)/b22-12+. The van der Waals surface area contributed by atoms with E-state index in [1.807, 2.05) is 0 Å². The molecule has 2 aliphatic rings. The molecule has 0 radical (unpaired) electrons. The van der Waals surface area contributed by atoms with E-state index in [-0.39, 0.29) is 18.6 Å². The molecular formula is C20H26N4O5. The van der Waals surface area contributed by atoms with Gasteiger partial charge in [0, 0.05) is 26.2 Å². The van der Waals surface area contributed by atoms with E-state index in [9.17, 15) is 14.4 Å². The third-order valence-corrected chi connectivity index (χ3v) is 4.78. The minimum absolute atomic E-state index is 0.0117. The summed E-state index contributed by atoms with van der Waals surface area (Å²) in [6, 6.07) is 6.96. The molecule has 0 saturated carbocycles. The second kappa shape index (κ2) is 10.6. The fraction of sp³-hybridized carbons (Fsp3) is 0.500. The van der Waals surface area contributed by atoms with Gasteiger partial charge in [0.15, 0.2) is 6.61 Å². The second-order valence-electron chi connectivity index (χ2n) is 6.99. The van der Waals surface area contributed by atoms with Gasteiger partial charge in [0.1, 0.15) is 5.75 Å². The topological polar surface area (TPSA) is 109 Å². The van der Waals surface area contributed by atoms with E-state index < -0.39 is 11.8 Å². The quantitative estimate of drug-likeness (QED) is 0.391. The van der Waals surface area contributed by atoms with Crippen molar-refractivity contribution in [1.29, 1.82) is 0 Å². The van der Waals surface area contributed by atoms with Crippen molar-refractivity contribution < 1.29 is 23.9 Å². The molecule has 2 saturated heterocycles. The monoisotopic (exact) mass is 402 g/mol. The van der Waals surface area contributed by atoms with Gasteiger partial charge in [0.2, 0.25) is 0 Å². The number of carbonyl (C=O) groups is 3. The van der Waals surface area contributed by atoms with Crippen molar-refractivity contribution in [1.82, 2.24) is 15.6 Å². The molecule has 1 aromatic carbocycles. The van der Waals surface area contributed by atoms with Crippen LogP contribution in [0.1, 0.15) is 31.2 Å². The zero-order valence-electron chi connectivity index (χ0n) is 16.3. The molecule has 29 heavy (non-hydrogen) atoms. The van der Waals surface area contributed by atoms with Crippen LogP contribution in [0.5, 0.6) is 5.75 Å². The summed E-state index contributed by atoms with van der Waals surface area (Å²) < 4.78 is 10.9. The van der Waals surface area contributed by atoms with Gasteiger partial charge in [-0.2, -0.15) is 5.10 Å². The highest BCUT2D eigenvalue weighted by molar-refractivity contribution is 6.35. The molecule has 9 nitrogen and oxygen atoms in total. The summed E-state index contributed by atoms with van der Waals surface area (Å²) in [4.78, 5) is 37.3. The van der Waals surface area contributed by atoms with Crippen molar-refractivity contribution in [3.63, 3.8) is 0 Å². The predicted molar refractivity (Wildman–Crippen MR) is 105 cm³/mol. The van der Waals surface area contributed by atoms with Crippen LogP contribution in [-0.4, -0.2) is 67.8 Å². The first kappa shape index (κ1) is 20.8. The maximum atomic E-state index is 12.0. The minimum Gasteiger partial charge on any atom is -0.484 e. The van der Waals surface area contributed by atoms with Crippen molar-refractivity contribution in [2.75, 3.05) is 32.8 Å². The predicted octanol–water partition coefficient (Wildman–Crippen LogP) is 0.433. The number of likely N-dealkylation sites (tertiary alicyclic amines) is 1. The van der Waals surface area contributed by atoms with Gasteiger partial charge in [-0.25, -0.2) is 5.43 Å². The van der Waals surface area contributed by atoms with Crippen LogP contribution >= 0.6 is 0 Å². The zero-order valence-corrected chi connectivity index (χ0v) is 16.3. The summed E-state index contributed by atoms with van der Waals surface area (Å²) in [6.07, 6.45) is 5.29. The van der Waals surface area contributed by atoms with Gasteiger partial charge < -0.3 is 19.7 Å². The maximum absolute atomic E-state index is 12.0. The Morgan fingerprint density at radius 2 is 2.03 bits per heavy atom. The van der Waals surface area contributed by atoms with Gasteiger partial charge in [-0.1, -0.05) is 12.1 Å². The maximum Gasteiger partial charge on any atom is 0.329 e. The largest absolute Gasteiger partial charge is 0.484 e. The number of nitrogens with one attached hydrogen (secondary N) is 2. The first-order valence-electron chi connectivity index (χ1n) is 9.85. The average molecular weight is 402 g/mol. The Bertz CT molecular complexity index is 755. The van der Waals surface area contributed by atoms with Crippen LogP contribution in [0.15, 0.2) is 29.4 Å². The van der Waals surface area contributed by atoms with Crippen molar-refractivity contribution in [3.05, 3.63) is 29.8 Å². The van der Waals surface area contributed by atoms with E-state index >= 15 is 0 Å². The molecule has 0 aliphatic carbocycles. The van der Waals surface area contributed by atoms with Crippen molar-refractivity contribution >= 4 is 23.9 Å². The molecule has 2 heterocycles. The Morgan fingerprint density at radius 3 is 2.79 bits per heavy atom. The van der Waals surface area contributed by atoms with E-state index in [0.29, 0.717) is 24.5 Å². The van der Waals surface area contributed by atoms with Crippen LogP contribution in [-0.2, 0) is 19.1 Å². The van der Waals surface area contributed by atoms with E-state index in [1.165, 1.54) is 6.21 Å². The highest BCUT2D eigenvalue weighted by Gasteiger charge is 2.19. The summed E-state index contributed by atoms with van der Waals surface area (Å²) >= 11 is 0. The Hall–Kier alpha value is -2.94. The van der Waals surface area contributed by atoms with Gasteiger partial charge in [-0.05, 0) is 43.4 Å². The molecule has 2 aliphatic heterocycles. The van der Waals surface area contributed by atoms with Crippen LogP contribution in [0.2, 0.25) is 0 Å². The Labute approximate surface area is 169 Å². The number of carbonyl (C=O) groups excluding carboxylic acids is 3. The molecule has 3 amide bonds. The molecular weight excluding hydrogens is 376 g/mol. The molecule has 0 bridgehead atoms. The van der Waals surface area contributed by atoms with Gasteiger partial charge in [0.05, 0.1) is 12.3 Å². The van der Waals surface area contributed by atoms with Crippen LogP contribution in [0.25, 0.3) is 0 Å². The van der Waals surface area contributed by atoms with Gasteiger partial charge in [0.25, 0.3) is 5.91 Å². The third kappa shape index (κ3) is 6.56.